The summed E-state index contributed by atoms with van der Waals surface area (Å²) in [5.41, 5.74) is 1.08. The second-order valence-corrected chi connectivity index (χ2v) is 6.36. The maximum Gasteiger partial charge on any atom is 0.134 e. The van der Waals surface area contributed by atoms with Crippen LogP contribution < -0.4 is 5.32 Å². The lowest BCUT2D eigenvalue weighted by Crippen LogP contribution is -2.37. The van der Waals surface area contributed by atoms with Gasteiger partial charge < -0.3 is 19.7 Å². The van der Waals surface area contributed by atoms with Crippen LogP contribution in [0.15, 0.2) is 46.9 Å². The molecule has 0 bridgehead atoms. The Morgan fingerprint density at radius 3 is 2.61 bits per heavy atom. The minimum absolute atomic E-state index is 0.0840. The molecule has 2 N–H and O–H groups in total. The first-order chi connectivity index (χ1) is 11.2. The third kappa shape index (κ3) is 4.44. The molecular formula is C19H26N2O2. The molecule has 0 aliphatic carbocycles. The van der Waals surface area contributed by atoms with Crippen LogP contribution in [0.1, 0.15) is 31.6 Å². The van der Waals surface area contributed by atoms with E-state index in [1.165, 1.54) is 12.8 Å². The van der Waals surface area contributed by atoms with Crippen molar-refractivity contribution in [1.29, 1.82) is 0 Å². The van der Waals surface area contributed by atoms with Crippen LogP contribution in [0.2, 0.25) is 0 Å². The molecule has 23 heavy (non-hydrogen) atoms. The van der Waals surface area contributed by atoms with Crippen molar-refractivity contribution in [3.8, 4) is 11.3 Å². The molecule has 1 aromatic heterocycles. The highest BCUT2D eigenvalue weighted by Gasteiger charge is 2.17. The van der Waals surface area contributed by atoms with Gasteiger partial charge in [0.1, 0.15) is 11.5 Å². The summed E-state index contributed by atoms with van der Waals surface area (Å²) < 4.78 is 5.94. The van der Waals surface area contributed by atoms with E-state index in [0.717, 1.165) is 36.7 Å². The van der Waals surface area contributed by atoms with Gasteiger partial charge in [0, 0.05) is 18.7 Å². The van der Waals surface area contributed by atoms with Crippen molar-refractivity contribution < 1.29 is 9.52 Å². The molecule has 0 amide bonds. The highest BCUT2D eigenvalue weighted by molar-refractivity contribution is 5.57. The van der Waals surface area contributed by atoms with E-state index < -0.39 is 0 Å². The first kappa shape index (κ1) is 16.2. The minimum atomic E-state index is -0.334. The van der Waals surface area contributed by atoms with Gasteiger partial charge in [-0.05, 0) is 45.0 Å². The zero-order valence-electron chi connectivity index (χ0n) is 13.7. The lowest BCUT2D eigenvalue weighted by atomic mass is 10.2. The number of hydrogen-bond donors (Lipinski definition) is 2. The largest absolute Gasteiger partial charge is 0.459 e. The van der Waals surface area contributed by atoms with E-state index in [9.17, 15) is 5.11 Å². The van der Waals surface area contributed by atoms with Gasteiger partial charge in [-0.15, -0.1) is 0 Å². The summed E-state index contributed by atoms with van der Waals surface area (Å²) in [5, 5.41) is 13.5. The van der Waals surface area contributed by atoms with Gasteiger partial charge in [-0.2, -0.15) is 0 Å². The number of nitrogens with one attached hydrogen (secondary N) is 1. The Bertz CT molecular complexity index is 590. The molecule has 1 saturated heterocycles. The number of β-amino-alcohol motifs (C(OH)–C–C–N with tert-alkyl or cyclic N) is 1. The molecule has 2 aromatic rings. The molecule has 0 spiro atoms. The van der Waals surface area contributed by atoms with Gasteiger partial charge in [-0.25, -0.2) is 0 Å². The van der Waals surface area contributed by atoms with Crippen LogP contribution >= 0.6 is 0 Å². The molecule has 1 fully saturated rings. The number of hydrogen-bond acceptors (Lipinski definition) is 4. The fourth-order valence-corrected chi connectivity index (χ4v) is 3.08. The number of rotatable bonds is 7. The normalized spacial score (nSPS) is 18.2. The van der Waals surface area contributed by atoms with Gasteiger partial charge in [0.05, 0.1) is 12.1 Å². The van der Waals surface area contributed by atoms with E-state index >= 15 is 0 Å². The number of likely N-dealkylation sites (tertiary alicyclic amines) is 1. The van der Waals surface area contributed by atoms with Gasteiger partial charge in [0.25, 0.3) is 0 Å². The maximum atomic E-state index is 10.2. The predicted molar refractivity (Wildman–Crippen MR) is 92.2 cm³/mol. The minimum Gasteiger partial charge on any atom is -0.459 e. The second-order valence-electron chi connectivity index (χ2n) is 6.36. The number of aliphatic hydroxyl groups is 1. The van der Waals surface area contributed by atoms with Gasteiger partial charge >= 0.3 is 0 Å². The van der Waals surface area contributed by atoms with Gasteiger partial charge in [-0.1, -0.05) is 30.3 Å². The number of furan rings is 1. The Balaban J connectivity index is 1.50. The van der Waals surface area contributed by atoms with E-state index in [1.54, 1.807) is 0 Å². The van der Waals surface area contributed by atoms with Gasteiger partial charge in [0.2, 0.25) is 0 Å². The van der Waals surface area contributed by atoms with Crippen LogP contribution in [0, 0.1) is 0 Å². The quantitative estimate of drug-likeness (QED) is 0.825. The zero-order valence-corrected chi connectivity index (χ0v) is 13.7. The van der Waals surface area contributed by atoms with Crippen molar-refractivity contribution >= 4 is 0 Å². The Labute approximate surface area is 138 Å². The summed E-state index contributed by atoms with van der Waals surface area (Å²) in [6, 6.07) is 14.2. The van der Waals surface area contributed by atoms with Crippen molar-refractivity contribution in [2.75, 3.05) is 26.2 Å². The second kappa shape index (κ2) is 7.77. The first-order valence-electron chi connectivity index (χ1n) is 8.51. The fourth-order valence-electron chi connectivity index (χ4n) is 3.08. The highest BCUT2D eigenvalue weighted by Crippen LogP contribution is 2.25. The van der Waals surface area contributed by atoms with Crippen LogP contribution in [0.4, 0.5) is 0 Å². The summed E-state index contributed by atoms with van der Waals surface area (Å²) >= 11 is 0. The number of aliphatic hydroxyl groups excluding tert-OH is 1. The van der Waals surface area contributed by atoms with Crippen LogP contribution in [0.3, 0.4) is 0 Å². The highest BCUT2D eigenvalue weighted by atomic mass is 16.3. The Morgan fingerprint density at radius 2 is 1.87 bits per heavy atom. The number of nitrogens with zero attached hydrogens (tertiary/aromatic N) is 1. The Hall–Kier alpha value is -1.62. The summed E-state index contributed by atoms with van der Waals surface area (Å²) in [5.74, 6) is 1.78. The molecule has 1 aliphatic rings. The first-order valence-corrected chi connectivity index (χ1v) is 8.51. The molecule has 2 atom stereocenters. The van der Waals surface area contributed by atoms with Crippen molar-refractivity contribution in [3.63, 3.8) is 0 Å². The Morgan fingerprint density at radius 1 is 1.13 bits per heavy atom. The average Bonchev–Trinajstić information content (AvgIpc) is 3.25. The average molecular weight is 314 g/mol. The Kier molecular flexibility index (Phi) is 5.49. The van der Waals surface area contributed by atoms with E-state index in [-0.39, 0.29) is 12.1 Å². The molecule has 3 rings (SSSR count). The van der Waals surface area contributed by atoms with Crippen molar-refractivity contribution in [1.82, 2.24) is 10.2 Å². The topological polar surface area (TPSA) is 48.6 Å². The van der Waals surface area contributed by atoms with Crippen molar-refractivity contribution in [2.45, 2.75) is 31.9 Å². The van der Waals surface area contributed by atoms with Crippen molar-refractivity contribution in [2.24, 2.45) is 0 Å². The maximum absolute atomic E-state index is 10.2. The molecule has 4 nitrogen and oxygen atoms in total. The third-order valence-electron chi connectivity index (χ3n) is 4.44. The van der Waals surface area contributed by atoms with E-state index in [2.05, 4.69) is 17.1 Å². The van der Waals surface area contributed by atoms with Gasteiger partial charge in [-0.3, -0.25) is 0 Å². The molecule has 4 heteroatoms. The van der Waals surface area contributed by atoms with E-state index in [1.807, 2.05) is 42.5 Å². The monoisotopic (exact) mass is 314 g/mol. The summed E-state index contributed by atoms with van der Waals surface area (Å²) in [6.45, 7) is 5.64. The zero-order chi connectivity index (χ0) is 16.1. The molecule has 2 unspecified atom stereocenters. The molecule has 2 heterocycles. The summed E-state index contributed by atoms with van der Waals surface area (Å²) in [6.07, 6.45) is 2.18. The van der Waals surface area contributed by atoms with Crippen LogP contribution in [0.5, 0.6) is 0 Å². The lowest BCUT2D eigenvalue weighted by Gasteiger charge is -2.21. The summed E-state index contributed by atoms with van der Waals surface area (Å²) in [4.78, 5) is 2.33. The smallest absolute Gasteiger partial charge is 0.134 e. The predicted octanol–water partition coefficient (Wildman–Crippen LogP) is 3.05. The molecule has 0 radical (unpaired) electrons. The standard InChI is InChI=1S/C19H26N2O2/c1-15(20-13-17(22)14-21-11-5-6-12-21)18-9-10-19(23-18)16-7-3-2-4-8-16/h2-4,7-10,15,17,20,22H,5-6,11-14H2,1H3. The van der Waals surface area contributed by atoms with E-state index in [4.69, 9.17) is 4.42 Å². The molecular weight excluding hydrogens is 288 g/mol. The molecule has 124 valence electrons. The lowest BCUT2D eigenvalue weighted by molar-refractivity contribution is 0.120. The fraction of sp³-hybridized carbons (Fsp3) is 0.474. The molecule has 1 aliphatic heterocycles. The summed E-state index contributed by atoms with van der Waals surface area (Å²) in [7, 11) is 0. The third-order valence-corrected chi connectivity index (χ3v) is 4.44. The van der Waals surface area contributed by atoms with Crippen LogP contribution in [-0.2, 0) is 0 Å². The van der Waals surface area contributed by atoms with Crippen LogP contribution in [-0.4, -0.2) is 42.3 Å². The van der Waals surface area contributed by atoms with E-state index in [0.29, 0.717) is 6.54 Å². The SMILES string of the molecule is CC(NCC(O)CN1CCCC1)c1ccc(-c2ccccc2)o1. The van der Waals surface area contributed by atoms with Crippen LogP contribution in [0.25, 0.3) is 11.3 Å². The molecule has 1 aromatic carbocycles. The van der Waals surface area contributed by atoms with Crippen molar-refractivity contribution in [3.05, 3.63) is 48.2 Å². The number of benzene rings is 1. The molecule has 0 saturated carbocycles. The van der Waals surface area contributed by atoms with Gasteiger partial charge in [0.15, 0.2) is 0 Å².